The minimum atomic E-state index is -4.16. The van der Waals surface area contributed by atoms with E-state index in [9.17, 15) is 17.6 Å². The Bertz CT molecular complexity index is 1220. The standard InChI is InChI=1S/C22H20ClFN2O5S/c1-30-16-8-10-17(11-9-16)32(28,29)26(20-5-3-4-6-21(20)31-2)14-22(27)25-15-7-12-19(24)18(23)13-15/h3-13H,14H2,1-2H3,(H,25,27). The van der Waals surface area contributed by atoms with E-state index in [1.165, 1.54) is 56.7 Å². The highest BCUT2D eigenvalue weighted by Crippen LogP contribution is 2.32. The van der Waals surface area contributed by atoms with Crippen molar-refractivity contribution < 1.29 is 27.1 Å². The van der Waals surface area contributed by atoms with Gasteiger partial charge in [-0.25, -0.2) is 12.8 Å². The number of para-hydroxylation sites is 2. The number of sulfonamides is 1. The number of anilines is 2. The number of nitrogens with one attached hydrogen (secondary N) is 1. The number of methoxy groups -OCH3 is 2. The van der Waals surface area contributed by atoms with E-state index in [1.807, 2.05) is 0 Å². The third-order valence-electron chi connectivity index (χ3n) is 4.49. The van der Waals surface area contributed by atoms with Crippen molar-refractivity contribution in [2.45, 2.75) is 4.90 Å². The SMILES string of the molecule is COc1ccc(S(=O)(=O)N(CC(=O)Nc2ccc(F)c(Cl)c2)c2ccccc2OC)cc1. The summed E-state index contributed by atoms with van der Waals surface area (Å²) >= 11 is 5.76. The predicted octanol–water partition coefficient (Wildman–Crippen LogP) is 4.33. The lowest BCUT2D eigenvalue weighted by Gasteiger charge is -2.25. The van der Waals surface area contributed by atoms with E-state index in [2.05, 4.69) is 5.32 Å². The summed E-state index contributed by atoms with van der Waals surface area (Å²) in [6, 6.07) is 15.9. The molecule has 0 bridgehead atoms. The van der Waals surface area contributed by atoms with E-state index in [1.54, 1.807) is 18.2 Å². The van der Waals surface area contributed by atoms with E-state index in [4.69, 9.17) is 21.1 Å². The second kappa shape index (κ2) is 9.88. The van der Waals surface area contributed by atoms with Crippen molar-refractivity contribution >= 4 is 38.9 Å². The lowest BCUT2D eigenvalue weighted by atomic mass is 10.3. The minimum absolute atomic E-state index is 0.0400. The molecule has 0 unspecified atom stereocenters. The third kappa shape index (κ3) is 5.12. The molecule has 0 radical (unpaired) electrons. The molecule has 0 saturated heterocycles. The van der Waals surface area contributed by atoms with Crippen LogP contribution in [-0.4, -0.2) is 35.1 Å². The van der Waals surface area contributed by atoms with E-state index in [0.717, 1.165) is 10.4 Å². The molecule has 0 spiro atoms. The molecule has 0 aliphatic rings. The number of hydrogen-bond donors (Lipinski definition) is 1. The zero-order chi connectivity index (χ0) is 23.3. The summed E-state index contributed by atoms with van der Waals surface area (Å²) in [4.78, 5) is 12.7. The molecule has 1 N–H and O–H groups in total. The van der Waals surface area contributed by atoms with Gasteiger partial charge in [0.25, 0.3) is 10.0 Å². The van der Waals surface area contributed by atoms with E-state index in [-0.39, 0.29) is 27.0 Å². The Balaban J connectivity index is 1.98. The van der Waals surface area contributed by atoms with Crippen LogP contribution in [0.3, 0.4) is 0 Å². The average Bonchev–Trinajstić information content (AvgIpc) is 2.80. The van der Waals surface area contributed by atoms with Crippen LogP contribution in [0.1, 0.15) is 0 Å². The van der Waals surface area contributed by atoms with Crippen LogP contribution in [0.25, 0.3) is 0 Å². The fourth-order valence-corrected chi connectivity index (χ4v) is 4.53. The van der Waals surface area contributed by atoms with E-state index < -0.39 is 28.3 Å². The monoisotopic (exact) mass is 478 g/mol. The van der Waals surface area contributed by atoms with Gasteiger partial charge in [-0.2, -0.15) is 0 Å². The van der Waals surface area contributed by atoms with Gasteiger partial charge in [0.05, 0.1) is 29.8 Å². The van der Waals surface area contributed by atoms with Crippen LogP contribution < -0.4 is 19.1 Å². The fraction of sp³-hybridized carbons (Fsp3) is 0.136. The maximum atomic E-state index is 13.5. The number of benzene rings is 3. The number of hydrogen-bond acceptors (Lipinski definition) is 5. The highest BCUT2D eigenvalue weighted by atomic mass is 35.5. The smallest absolute Gasteiger partial charge is 0.264 e. The summed E-state index contributed by atoms with van der Waals surface area (Å²) in [5.74, 6) is -0.543. The van der Waals surface area contributed by atoms with Gasteiger partial charge in [0, 0.05) is 5.69 Å². The first-order chi connectivity index (χ1) is 15.3. The van der Waals surface area contributed by atoms with Crippen LogP contribution in [-0.2, 0) is 14.8 Å². The van der Waals surface area contributed by atoms with Gasteiger partial charge in [0.1, 0.15) is 23.9 Å². The van der Waals surface area contributed by atoms with Gasteiger partial charge in [-0.05, 0) is 54.6 Å². The van der Waals surface area contributed by atoms with Crippen molar-refractivity contribution in [3.05, 3.63) is 77.6 Å². The lowest BCUT2D eigenvalue weighted by molar-refractivity contribution is -0.114. The van der Waals surface area contributed by atoms with Crippen molar-refractivity contribution in [1.29, 1.82) is 0 Å². The number of carbonyl (C=O) groups excluding carboxylic acids is 1. The number of amides is 1. The normalized spacial score (nSPS) is 11.0. The van der Waals surface area contributed by atoms with Crippen LogP contribution in [0.4, 0.5) is 15.8 Å². The third-order valence-corrected chi connectivity index (χ3v) is 6.56. The van der Waals surface area contributed by atoms with Crippen molar-refractivity contribution in [1.82, 2.24) is 0 Å². The molecule has 0 aliphatic carbocycles. The Labute approximate surface area is 190 Å². The molecule has 0 aromatic heterocycles. The zero-order valence-electron chi connectivity index (χ0n) is 17.2. The number of rotatable bonds is 8. The highest BCUT2D eigenvalue weighted by molar-refractivity contribution is 7.92. The molecule has 0 aliphatic heterocycles. The van der Waals surface area contributed by atoms with Gasteiger partial charge >= 0.3 is 0 Å². The van der Waals surface area contributed by atoms with Crippen molar-refractivity contribution in [2.75, 3.05) is 30.4 Å². The first-order valence-corrected chi connectivity index (χ1v) is 11.1. The Hall–Kier alpha value is -3.30. The molecule has 0 fully saturated rings. The first-order valence-electron chi connectivity index (χ1n) is 9.31. The van der Waals surface area contributed by atoms with E-state index in [0.29, 0.717) is 5.75 Å². The molecule has 0 heterocycles. The van der Waals surface area contributed by atoms with Crippen LogP contribution in [0.2, 0.25) is 5.02 Å². The molecular formula is C22H20ClFN2O5S. The maximum absolute atomic E-state index is 13.5. The Morgan fingerprint density at radius 2 is 1.72 bits per heavy atom. The molecule has 3 aromatic carbocycles. The van der Waals surface area contributed by atoms with Crippen LogP contribution in [0.5, 0.6) is 11.5 Å². The van der Waals surface area contributed by atoms with Crippen LogP contribution >= 0.6 is 11.6 Å². The quantitative estimate of drug-likeness (QED) is 0.521. The van der Waals surface area contributed by atoms with Gasteiger partial charge < -0.3 is 14.8 Å². The molecule has 10 heteroatoms. The average molecular weight is 479 g/mol. The first kappa shape index (κ1) is 23.4. The molecule has 7 nitrogen and oxygen atoms in total. The zero-order valence-corrected chi connectivity index (χ0v) is 18.8. The number of halogens is 2. The number of ether oxygens (including phenoxy) is 2. The Morgan fingerprint density at radius 3 is 2.34 bits per heavy atom. The van der Waals surface area contributed by atoms with Gasteiger partial charge in [-0.3, -0.25) is 9.10 Å². The van der Waals surface area contributed by atoms with Crippen LogP contribution in [0, 0.1) is 5.82 Å². The predicted molar refractivity (Wildman–Crippen MR) is 121 cm³/mol. The van der Waals surface area contributed by atoms with E-state index >= 15 is 0 Å². The Morgan fingerprint density at radius 1 is 1.03 bits per heavy atom. The second-order valence-electron chi connectivity index (χ2n) is 6.54. The summed E-state index contributed by atoms with van der Waals surface area (Å²) in [5.41, 5.74) is 0.404. The summed E-state index contributed by atoms with van der Waals surface area (Å²) in [7, 11) is -1.29. The van der Waals surface area contributed by atoms with Gasteiger partial charge in [0.15, 0.2) is 0 Å². The summed E-state index contributed by atoms with van der Waals surface area (Å²) in [6.07, 6.45) is 0. The maximum Gasteiger partial charge on any atom is 0.264 e. The molecule has 3 rings (SSSR count). The summed E-state index contributed by atoms with van der Waals surface area (Å²) < 4.78 is 51.7. The lowest BCUT2D eigenvalue weighted by Crippen LogP contribution is -2.38. The highest BCUT2D eigenvalue weighted by Gasteiger charge is 2.29. The molecular weight excluding hydrogens is 459 g/mol. The largest absolute Gasteiger partial charge is 0.497 e. The van der Waals surface area contributed by atoms with Crippen molar-refractivity contribution in [2.24, 2.45) is 0 Å². The summed E-state index contributed by atoms with van der Waals surface area (Å²) in [6.45, 7) is -0.566. The topological polar surface area (TPSA) is 84.9 Å². The molecule has 1 amide bonds. The van der Waals surface area contributed by atoms with Crippen LogP contribution in [0.15, 0.2) is 71.6 Å². The van der Waals surface area contributed by atoms with Crippen molar-refractivity contribution in [3.63, 3.8) is 0 Å². The second-order valence-corrected chi connectivity index (χ2v) is 8.81. The van der Waals surface area contributed by atoms with Crippen molar-refractivity contribution in [3.8, 4) is 11.5 Å². The molecule has 32 heavy (non-hydrogen) atoms. The van der Waals surface area contributed by atoms with Gasteiger partial charge in [0.2, 0.25) is 5.91 Å². The molecule has 168 valence electrons. The van der Waals surface area contributed by atoms with Gasteiger partial charge in [-0.1, -0.05) is 23.7 Å². The number of nitrogens with zero attached hydrogens (tertiary/aromatic N) is 1. The molecule has 0 atom stereocenters. The van der Waals surface area contributed by atoms with Gasteiger partial charge in [-0.15, -0.1) is 0 Å². The number of carbonyl (C=O) groups is 1. The summed E-state index contributed by atoms with van der Waals surface area (Å²) in [5, 5.41) is 2.36. The molecule has 0 saturated carbocycles. The Kier molecular flexibility index (Phi) is 7.22. The molecule has 3 aromatic rings. The minimum Gasteiger partial charge on any atom is -0.497 e. The fourth-order valence-electron chi connectivity index (χ4n) is 2.92.